The van der Waals surface area contributed by atoms with E-state index in [-0.39, 0.29) is 12.3 Å². The van der Waals surface area contributed by atoms with Crippen molar-refractivity contribution in [3.63, 3.8) is 0 Å². The molecule has 3 rings (SSSR count). The maximum absolute atomic E-state index is 12.5. The number of ether oxygens (including phenoxy) is 1. The van der Waals surface area contributed by atoms with Crippen molar-refractivity contribution in [3.8, 4) is 0 Å². The summed E-state index contributed by atoms with van der Waals surface area (Å²) in [7, 11) is 0. The Morgan fingerprint density at radius 3 is 2.55 bits per heavy atom. The highest BCUT2D eigenvalue weighted by atomic mass is 16.5. The van der Waals surface area contributed by atoms with Crippen molar-refractivity contribution >= 4 is 11.9 Å². The molecule has 5 nitrogen and oxygen atoms in total. The summed E-state index contributed by atoms with van der Waals surface area (Å²) in [4.78, 5) is 25.0. The van der Waals surface area contributed by atoms with Gasteiger partial charge in [-0.2, -0.15) is 0 Å². The van der Waals surface area contributed by atoms with E-state index in [0.29, 0.717) is 31.2 Å². The average Bonchev–Trinajstić information content (AvgIpc) is 2.45. The molecule has 0 aromatic heterocycles. The zero-order chi connectivity index (χ0) is 15.5. The number of morpholine rings is 1. The van der Waals surface area contributed by atoms with Crippen molar-refractivity contribution in [2.24, 2.45) is 0 Å². The zero-order valence-electron chi connectivity index (χ0n) is 12.5. The Balaban J connectivity index is 1.63. The number of carbonyl (C=O) groups excluding carboxylic acids is 1. The molecule has 0 bridgehead atoms. The standard InChI is InChI=1S/C17H21NO4/c19-16(20)10-15-11-18(8-9-22-15)17(21)14-6-4-13(5-7-14)12-2-1-3-12/h4-7,12,15H,1-3,8-11H2,(H,19,20). The molecular formula is C17H21NO4. The average molecular weight is 303 g/mol. The van der Waals surface area contributed by atoms with Gasteiger partial charge in [0.1, 0.15) is 0 Å². The van der Waals surface area contributed by atoms with Gasteiger partial charge in [-0.15, -0.1) is 0 Å². The van der Waals surface area contributed by atoms with E-state index in [1.165, 1.54) is 24.8 Å². The maximum atomic E-state index is 12.5. The first-order valence-corrected chi connectivity index (χ1v) is 7.86. The number of rotatable bonds is 4. The molecule has 2 fully saturated rings. The van der Waals surface area contributed by atoms with Gasteiger partial charge >= 0.3 is 5.97 Å². The van der Waals surface area contributed by atoms with Crippen LogP contribution in [0.4, 0.5) is 0 Å². The number of aliphatic carboxylic acids is 1. The third-order valence-corrected chi connectivity index (χ3v) is 4.56. The van der Waals surface area contributed by atoms with E-state index in [4.69, 9.17) is 9.84 Å². The van der Waals surface area contributed by atoms with Crippen molar-refractivity contribution in [2.45, 2.75) is 37.7 Å². The smallest absolute Gasteiger partial charge is 0.306 e. The molecule has 0 spiro atoms. The molecule has 1 N–H and O–H groups in total. The zero-order valence-corrected chi connectivity index (χ0v) is 12.5. The van der Waals surface area contributed by atoms with Crippen LogP contribution in [0.2, 0.25) is 0 Å². The second-order valence-electron chi connectivity index (χ2n) is 6.09. The van der Waals surface area contributed by atoms with E-state index in [9.17, 15) is 9.59 Å². The van der Waals surface area contributed by atoms with E-state index in [0.717, 1.165) is 0 Å². The summed E-state index contributed by atoms with van der Waals surface area (Å²) in [6.45, 7) is 1.25. The number of carboxylic acid groups (broad SMARTS) is 1. The van der Waals surface area contributed by atoms with Gasteiger partial charge in [-0.3, -0.25) is 9.59 Å². The van der Waals surface area contributed by atoms with Crippen LogP contribution in [0.5, 0.6) is 0 Å². The number of nitrogens with zero attached hydrogens (tertiary/aromatic N) is 1. The van der Waals surface area contributed by atoms with Crippen molar-refractivity contribution in [3.05, 3.63) is 35.4 Å². The van der Waals surface area contributed by atoms with Crippen molar-refractivity contribution in [2.75, 3.05) is 19.7 Å². The number of carbonyl (C=O) groups is 2. The molecule has 1 amide bonds. The summed E-state index contributed by atoms with van der Waals surface area (Å²) < 4.78 is 5.40. The first-order chi connectivity index (χ1) is 10.6. The summed E-state index contributed by atoms with van der Waals surface area (Å²) >= 11 is 0. The quantitative estimate of drug-likeness (QED) is 0.926. The van der Waals surface area contributed by atoms with E-state index < -0.39 is 12.1 Å². The van der Waals surface area contributed by atoms with Crippen LogP contribution in [0.1, 0.15) is 47.5 Å². The number of hydrogen-bond acceptors (Lipinski definition) is 3. The third kappa shape index (κ3) is 3.30. The third-order valence-electron chi connectivity index (χ3n) is 4.56. The van der Waals surface area contributed by atoms with E-state index >= 15 is 0 Å². The van der Waals surface area contributed by atoms with Gasteiger partial charge in [0.05, 0.1) is 19.1 Å². The van der Waals surface area contributed by atoms with Gasteiger partial charge in [-0.1, -0.05) is 18.6 Å². The van der Waals surface area contributed by atoms with Gasteiger partial charge in [0.2, 0.25) is 0 Å². The largest absolute Gasteiger partial charge is 0.481 e. The molecule has 118 valence electrons. The first kappa shape index (κ1) is 15.0. The molecular weight excluding hydrogens is 282 g/mol. The Hall–Kier alpha value is -1.88. The van der Waals surface area contributed by atoms with Crippen molar-refractivity contribution in [1.82, 2.24) is 4.90 Å². The number of hydrogen-bond donors (Lipinski definition) is 1. The van der Waals surface area contributed by atoms with E-state index in [2.05, 4.69) is 0 Å². The molecule has 1 unspecified atom stereocenters. The van der Waals surface area contributed by atoms with Crippen LogP contribution >= 0.6 is 0 Å². The minimum Gasteiger partial charge on any atom is -0.481 e. The van der Waals surface area contributed by atoms with Crippen LogP contribution in [0.3, 0.4) is 0 Å². The summed E-state index contributed by atoms with van der Waals surface area (Å²) in [5, 5.41) is 8.84. The number of amides is 1. The van der Waals surface area contributed by atoms with Gasteiger partial charge in [-0.05, 0) is 36.5 Å². The minimum atomic E-state index is -0.899. The lowest BCUT2D eigenvalue weighted by Crippen LogP contribution is -2.46. The van der Waals surface area contributed by atoms with Gasteiger partial charge < -0.3 is 14.7 Å². The van der Waals surface area contributed by atoms with Crippen LogP contribution in [-0.2, 0) is 9.53 Å². The molecule has 22 heavy (non-hydrogen) atoms. The maximum Gasteiger partial charge on any atom is 0.306 e. The van der Waals surface area contributed by atoms with Gasteiger partial charge in [0.15, 0.2) is 0 Å². The van der Waals surface area contributed by atoms with Crippen LogP contribution in [-0.4, -0.2) is 47.7 Å². The minimum absolute atomic E-state index is 0.0427. The van der Waals surface area contributed by atoms with Crippen LogP contribution in [0.25, 0.3) is 0 Å². The lowest BCUT2D eigenvalue weighted by Gasteiger charge is -2.32. The fourth-order valence-electron chi connectivity index (χ4n) is 3.04. The highest BCUT2D eigenvalue weighted by Gasteiger charge is 2.27. The molecule has 1 heterocycles. The summed E-state index contributed by atoms with van der Waals surface area (Å²) in [5.74, 6) is -0.282. The summed E-state index contributed by atoms with van der Waals surface area (Å²) in [6, 6.07) is 7.87. The van der Waals surface area contributed by atoms with Crippen molar-refractivity contribution < 1.29 is 19.4 Å². The monoisotopic (exact) mass is 303 g/mol. The first-order valence-electron chi connectivity index (χ1n) is 7.86. The molecule has 1 saturated carbocycles. The predicted molar refractivity (Wildman–Crippen MR) is 80.9 cm³/mol. The lowest BCUT2D eigenvalue weighted by molar-refractivity contribution is -0.141. The lowest BCUT2D eigenvalue weighted by atomic mass is 9.80. The van der Waals surface area contributed by atoms with Crippen molar-refractivity contribution in [1.29, 1.82) is 0 Å². The molecule has 1 atom stereocenters. The second-order valence-corrected chi connectivity index (χ2v) is 6.09. The Bertz CT molecular complexity index is 550. The molecule has 1 aromatic rings. The molecule has 1 aliphatic heterocycles. The van der Waals surface area contributed by atoms with E-state index in [1.54, 1.807) is 4.90 Å². The Kier molecular flexibility index (Phi) is 4.43. The van der Waals surface area contributed by atoms with Crippen LogP contribution < -0.4 is 0 Å². The molecule has 0 radical (unpaired) electrons. The number of benzene rings is 1. The van der Waals surface area contributed by atoms with E-state index in [1.807, 2.05) is 24.3 Å². The van der Waals surface area contributed by atoms with Gasteiger partial charge in [-0.25, -0.2) is 0 Å². The molecule has 1 aliphatic carbocycles. The normalized spacial score (nSPS) is 22.2. The molecule has 1 saturated heterocycles. The Morgan fingerprint density at radius 2 is 1.95 bits per heavy atom. The van der Waals surface area contributed by atoms with Gasteiger partial charge in [0.25, 0.3) is 5.91 Å². The summed E-state index contributed by atoms with van der Waals surface area (Å²) in [6.07, 6.45) is 3.31. The Labute approximate surface area is 129 Å². The molecule has 1 aromatic carbocycles. The van der Waals surface area contributed by atoms with Crippen LogP contribution in [0, 0.1) is 0 Å². The SMILES string of the molecule is O=C(O)CC1CN(C(=O)c2ccc(C3CCC3)cc2)CCO1. The number of carboxylic acids is 1. The fourth-order valence-corrected chi connectivity index (χ4v) is 3.04. The predicted octanol–water partition coefficient (Wildman–Crippen LogP) is 2.27. The van der Waals surface area contributed by atoms with Gasteiger partial charge in [0, 0.05) is 18.7 Å². The Morgan fingerprint density at radius 1 is 1.23 bits per heavy atom. The second kappa shape index (κ2) is 6.48. The fraction of sp³-hybridized carbons (Fsp3) is 0.529. The topological polar surface area (TPSA) is 66.8 Å². The molecule has 2 aliphatic rings. The van der Waals surface area contributed by atoms with Crippen LogP contribution in [0.15, 0.2) is 24.3 Å². The molecule has 5 heteroatoms. The highest BCUT2D eigenvalue weighted by Crippen LogP contribution is 2.36. The highest BCUT2D eigenvalue weighted by molar-refractivity contribution is 5.94. The summed E-state index contributed by atoms with van der Waals surface area (Å²) in [5.41, 5.74) is 1.98.